The number of hydrogen-bond acceptors (Lipinski definition) is 3. The molecule has 5 nitrogen and oxygen atoms in total. The first-order valence-electron chi connectivity index (χ1n) is 8.08. The zero-order valence-corrected chi connectivity index (χ0v) is 17.2. The van der Waals surface area contributed by atoms with Crippen LogP contribution >= 0.6 is 24.0 Å². The summed E-state index contributed by atoms with van der Waals surface area (Å²) in [6.07, 6.45) is 4.68. The molecule has 0 radical (unpaired) electrons. The summed E-state index contributed by atoms with van der Waals surface area (Å²) in [6, 6.07) is 5.36. The fourth-order valence-electron chi connectivity index (χ4n) is 2.21. The van der Waals surface area contributed by atoms with E-state index in [1.165, 1.54) is 0 Å². The summed E-state index contributed by atoms with van der Waals surface area (Å²) in [5.41, 5.74) is 0.875. The predicted molar refractivity (Wildman–Crippen MR) is 112 cm³/mol. The third-order valence-corrected chi connectivity index (χ3v) is 3.53. The molecule has 1 aromatic rings. The zero-order chi connectivity index (χ0) is 17.1. The van der Waals surface area contributed by atoms with Gasteiger partial charge in [0.1, 0.15) is 11.5 Å². The van der Waals surface area contributed by atoms with Gasteiger partial charge in [0.2, 0.25) is 0 Å². The Labute approximate surface area is 162 Å². The van der Waals surface area contributed by atoms with Crippen molar-refractivity contribution in [3.8, 4) is 11.5 Å². The molecule has 0 fully saturated rings. The number of aromatic hydroxyl groups is 1. The van der Waals surface area contributed by atoms with E-state index in [0.717, 1.165) is 37.5 Å². The van der Waals surface area contributed by atoms with Crippen molar-refractivity contribution in [1.29, 1.82) is 0 Å². The van der Waals surface area contributed by atoms with Crippen LogP contribution in [0.5, 0.6) is 11.5 Å². The van der Waals surface area contributed by atoms with Crippen LogP contribution in [0.25, 0.3) is 0 Å². The number of aliphatic imine (C=N–C) groups is 1. The Morgan fingerprint density at radius 1 is 1.46 bits per heavy atom. The molecule has 0 aromatic heterocycles. The second-order valence-corrected chi connectivity index (χ2v) is 5.33. The zero-order valence-electron chi connectivity index (χ0n) is 14.9. The van der Waals surface area contributed by atoms with E-state index in [0.29, 0.717) is 18.7 Å². The van der Waals surface area contributed by atoms with Gasteiger partial charge in [0, 0.05) is 32.7 Å². The van der Waals surface area contributed by atoms with Crippen LogP contribution in [0.15, 0.2) is 35.8 Å². The highest BCUT2D eigenvalue weighted by atomic mass is 127. The molecule has 24 heavy (non-hydrogen) atoms. The van der Waals surface area contributed by atoms with E-state index < -0.39 is 0 Å². The molecular weight excluding hydrogens is 417 g/mol. The Hall–Kier alpha value is -1.44. The minimum Gasteiger partial charge on any atom is -0.508 e. The molecule has 0 aliphatic carbocycles. The predicted octanol–water partition coefficient (Wildman–Crippen LogP) is 3.42. The lowest BCUT2D eigenvalue weighted by molar-refractivity contribution is 0.406. The standard InChI is InChI=1S/C18H29N3O2.HI/c1-5-7-8-13-21(3)18(19-6-2)20-12-11-15-9-10-16(23-4)14-17(15)22;/h5,9-10,14,22H,1,6-8,11-13H2,2-4H3,(H,19,20);1H. The maximum atomic E-state index is 9.98. The summed E-state index contributed by atoms with van der Waals surface area (Å²) < 4.78 is 5.09. The number of rotatable bonds is 9. The van der Waals surface area contributed by atoms with Crippen LogP contribution in [0, 0.1) is 0 Å². The number of nitrogens with zero attached hydrogens (tertiary/aromatic N) is 2. The molecule has 0 amide bonds. The molecule has 1 aromatic carbocycles. The number of halogens is 1. The molecule has 0 atom stereocenters. The van der Waals surface area contributed by atoms with E-state index in [1.54, 1.807) is 13.2 Å². The quantitative estimate of drug-likeness (QED) is 0.200. The van der Waals surface area contributed by atoms with Gasteiger partial charge in [0.05, 0.1) is 7.11 Å². The van der Waals surface area contributed by atoms with E-state index in [1.807, 2.05) is 25.3 Å². The maximum absolute atomic E-state index is 9.98. The lowest BCUT2D eigenvalue weighted by Crippen LogP contribution is -2.39. The van der Waals surface area contributed by atoms with Crippen molar-refractivity contribution in [3.63, 3.8) is 0 Å². The van der Waals surface area contributed by atoms with Gasteiger partial charge in [-0.15, -0.1) is 30.6 Å². The van der Waals surface area contributed by atoms with Gasteiger partial charge in [-0.1, -0.05) is 12.1 Å². The van der Waals surface area contributed by atoms with Crippen molar-refractivity contribution < 1.29 is 9.84 Å². The summed E-state index contributed by atoms with van der Waals surface area (Å²) in [6.45, 7) is 8.19. The first-order valence-corrected chi connectivity index (χ1v) is 8.08. The Kier molecular flexibility index (Phi) is 12.1. The van der Waals surface area contributed by atoms with Crippen molar-refractivity contribution >= 4 is 29.9 Å². The molecule has 0 heterocycles. The number of unbranched alkanes of at least 4 members (excludes halogenated alkanes) is 1. The van der Waals surface area contributed by atoms with Crippen molar-refractivity contribution in [1.82, 2.24) is 10.2 Å². The van der Waals surface area contributed by atoms with Crippen LogP contribution in [-0.4, -0.2) is 49.8 Å². The third-order valence-electron chi connectivity index (χ3n) is 3.53. The van der Waals surface area contributed by atoms with Gasteiger partial charge in [-0.25, -0.2) is 0 Å². The van der Waals surface area contributed by atoms with Crippen LogP contribution in [0.4, 0.5) is 0 Å². The fourth-order valence-corrected chi connectivity index (χ4v) is 2.21. The highest BCUT2D eigenvalue weighted by Crippen LogP contribution is 2.23. The summed E-state index contributed by atoms with van der Waals surface area (Å²) >= 11 is 0. The van der Waals surface area contributed by atoms with Crippen molar-refractivity contribution in [3.05, 3.63) is 36.4 Å². The SMILES string of the molecule is C=CCCCN(C)C(=NCCc1ccc(OC)cc1O)NCC.I. The number of guanidine groups is 1. The summed E-state index contributed by atoms with van der Waals surface area (Å²) in [5.74, 6) is 1.80. The molecule has 0 aliphatic heterocycles. The number of ether oxygens (including phenoxy) is 1. The van der Waals surface area contributed by atoms with Crippen molar-refractivity contribution in [2.75, 3.05) is 33.8 Å². The number of nitrogens with one attached hydrogen (secondary N) is 1. The minimum absolute atomic E-state index is 0. The van der Waals surface area contributed by atoms with Crippen molar-refractivity contribution in [2.24, 2.45) is 4.99 Å². The van der Waals surface area contributed by atoms with E-state index in [9.17, 15) is 5.11 Å². The fraction of sp³-hybridized carbons (Fsp3) is 0.500. The first-order chi connectivity index (χ1) is 11.1. The van der Waals surface area contributed by atoms with Gasteiger partial charge >= 0.3 is 0 Å². The second-order valence-electron chi connectivity index (χ2n) is 5.33. The van der Waals surface area contributed by atoms with Crippen LogP contribution in [-0.2, 0) is 6.42 Å². The molecule has 0 saturated carbocycles. The molecule has 1 rings (SSSR count). The number of hydrogen-bond donors (Lipinski definition) is 2. The Morgan fingerprint density at radius 2 is 2.21 bits per heavy atom. The lowest BCUT2D eigenvalue weighted by Gasteiger charge is -2.21. The highest BCUT2D eigenvalue weighted by Gasteiger charge is 2.06. The van der Waals surface area contributed by atoms with E-state index in [-0.39, 0.29) is 29.7 Å². The van der Waals surface area contributed by atoms with Gasteiger partial charge in [-0.2, -0.15) is 0 Å². The molecule has 0 unspecified atom stereocenters. The van der Waals surface area contributed by atoms with Crippen molar-refractivity contribution in [2.45, 2.75) is 26.2 Å². The topological polar surface area (TPSA) is 57.1 Å². The largest absolute Gasteiger partial charge is 0.508 e. The smallest absolute Gasteiger partial charge is 0.193 e. The second kappa shape index (κ2) is 12.9. The van der Waals surface area contributed by atoms with Gasteiger partial charge in [0.15, 0.2) is 5.96 Å². The first kappa shape index (κ1) is 22.6. The Balaban J connectivity index is 0.00000529. The van der Waals surface area contributed by atoms with Gasteiger partial charge < -0.3 is 20.1 Å². The monoisotopic (exact) mass is 447 g/mol. The Morgan fingerprint density at radius 3 is 2.79 bits per heavy atom. The number of methoxy groups -OCH3 is 1. The third kappa shape index (κ3) is 7.90. The highest BCUT2D eigenvalue weighted by molar-refractivity contribution is 14.0. The molecule has 0 saturated heterocycles. The molecule has 6 heteroatoms. The summed E-state index contributed by atoms with van der Waals surface area (Å²) in [7, 11) is 3.62. The average molecular weight is 447 g/mol. The lowest BCUT2D eigenvalue weighted by atomic mass is 10.1. The number of phenolic OH excluding ortho intramolecular Hbond substituents is 1. The van der Waals surface area contributed by atoms with Crippen LogP contribution in [0.2, 0.25) is 0 Å². The number of benzene rings is 1. The minimum atomic E-state index is 0. The molecule has 136 valence electrons. The normalized spacial score (nSPS) is 10.7. The number of phenols is 1. The molecule has 2 N–H and O–H groups in total. The van der Waals surface area contributed by atoms with Gasteiger partial charge in [-0.3, -0.25) is 4.99 Å². The molecule has 0 spiro atoms. The molecule has 0 bridgehead atoms. The van der Waals surface area contributed by atoms with E-state index in [4.69, 9.17) is 4.74 Å². The van der Waals surface area contributed by atoms with Gasteiger partial charge in [0.25, 0.3) is 0 Å². The average Bonchev–Trinajstić information content (AvgIpc) is 2.55. The van der Waals surface area contributed by atoms with Crippen LogP contribution in [0.3, 0.4) is 0 Å². The van der Waals surface area contributed by atoms with E-state index >= 15 is 0 Å². The summed E-state index contributed by atoms with van der Waals surface area (Å²) in [5, 5.41) is 13.3. The Bertz CT molecular complexity index is 521. The van der Waals surface area contributed by atoms with Crippen LogP contribution < -0.4 is 10.1 Å². The van der Waals surface area contributed by atoms with Crippen LogP contribution in [0.1, 0.15) is 25.3 Å². The molecule has 0 aliphatic rings. The maximum Gasteiger partial charge on any atom is 0.193 e. The summed E-state index contributed by atoms with van der Waals surface area (Å²) in [4.78, 5) is 6.76. The van der Waals surface area contributed by atoms with Gasteiger partial charge in [-0.05, 0) is 37.8 Å². The molecular formula is C18H30IN3O2. The van der Waals surface area contributed by atoms with E-state index in [2.05, 4.69) is 28.7 Å². The number of allylic oxidation sites excluding steroid dienone is 1.